The molecule has 1 aliphatic rings. The maximum absolute atomic E-state index is 12.9. The normalized spacial score (nSPS) is 14.5. The number of nitro groups is 1. The van der Waals surface area contributed by atoms with Gasteiger partial charge in [-0.05, 0) is 30.3 Å². The first-order valence-electron chi connectivity index (χ1n) is 9.20. The van der Waals surface area contributed by atoms with Gasteiger partial charge in [-0.3, -0.25) is 19.8 Å². The zero-order chi connectivity index (χ0) is 20.8. The van der Waals surface area contributed by atoms with Crippen LogP contribution >= 0.6 is 11.6 Å². The van der Waals surface area contributed by atoms with Crippen LogP contribution in [0.25, 0.3) is 0 Å². The molecule has 1 saturated heterocycles. The number of halogens is 1. The minimum Gasteiger partial charge on any atom is -0.496 e. The van der Waals surface area contributed by atoms with Crippen molar-refractivity contribution in [3.05, 3.63) is 63.2 Å². The summed E-state index contributed by atoms with van der Waals surface area (Å²) in [6, 6.07) is 11.3. The predicted octanol–water partition coefficient (Wildman–Crippen LogP) is 3.09. The second-order valence-electron chi connectivity index (χ2n) is 6.58. The predicted molar refractivity (Wildman–Crippen MR) is 109 cm³/mol. The highest BCUT2D eigenvalue weighted by Crippen LogP contribution is 2.25. The minimum atomic E-state index is -0.519. The van der Waals surface area contributed by atoms with Crippen molar-refractivity contribution in [3.63, 3.8) is 0 Å². The van der Waals surface area contributed by atoms with Crippen molar-refractivity contribution in [1.82, 2.24) is 9.80 Å². The van der Waals surface area contributed by atoms with E-state index in [1.807, 2.05) is 12.1 Å². The van der Waals surface area contributed by atoms with E-state index in [2.05, 4.69) is 4.90 Å². The number of methoxy groups -OCH3 is 1. The summed E-state index contributed by atoms with van der Waals surface area (Å²) < 4.78 is 10.9. The molecule has 0 aliphatic carbocycles. The van der Waals surface area contributed by atoms with Crippen molar-refractivity contribution in [1.29, 1.82) is 0 Å². The Morgan fingerprint density at radius 1 is 1.14 bits per heavy atom. The van der Waals surface area contributed by atoms with E-state index in [0.29, 0.717) is 43.6 Å². The van der Waals surface area contributed by atoms with Gasteiger partial charge in [-0.2, -0.15) is 0 Å². The molecule has 1 aliphatic heterocycles. The third-order valence-corrected chi connectivity index (χ3v) is 5.03. The number of nitrogens with zero attached hydrogens (tertiary/aromatic N) is 3. The van der Waals surface area contributed by atoms with Crippen molar-refractivity contribution in [2.24, 2.45) is 0 Å². The molecule has 0 spiro atoms. The summed E-state index contributed by atoms with van der Waals surface area (Å²) >= 11 is 5.86. The zero-order valence-corrected chi connectivity index (χ0v) is 16.8. The minimum absolute atomic E-state index is 0.132. The molecule has 0 bridgehead atoms. The highest BCUT2D eigenvalue weighted by molar-refractivity contribution is 6.30. The van der Waals surface area contributed by atoms with Crippen LogP contribution in [0.1, 0.15) is 10.4 Å². The highest BCUT2D eigenvalue weighted by Gasteiger charge is 2.26. The number of nitro benzene ring substituents is 1. The molecular formula is C20H22ClN3O5. The quantitative estimate of drug-likeness (QED) is 0.506. The number of non-ortho nitro benzene ring substituents is 1. The average Bonchev–Trinajstić information content (AvgIpc) is 2.74. The summed E-state index contributed by atoms with van der Waals surface area (Å²) in [6.07, 6.45) is 0. The third-order valence-electron chi connectivity index (χ3n) is 4.77. The van der Waals surface area contributed by atoms with E-state index >= 15 is 0 Å². The molecule has 0 aromatic heterocycles. The van der Waals surface area contributed by atoms with E-state index in [1.165, 1.54) is 25.3 Å². The van der Waals surface area contributed by atoms with E-state index in [9.17, 15) is 14.9 Å². The Hall–Kier alpha value is -2.84. The van der Waals surface area contributed by atoms with Gasteiger partial charge in [0.15, 0.2) is 0 Å². The molecule has 0 N–H and O–H groups in total. The Bertz CT molecular complexity index is 867. The van der Waals surface area contributed by atoms with Crippen LogP contribution in [-0.2, 0) is 0 Å². The fourth-order valence-corrected chi connectivity index (χ4v) is 3.27. The largest absolute Gasteiger partial charge is 0.496 e. The summed E-state index contributed by atoms with van der Waals surface area (Å²) in [4.78, 5) is 27.3. The first-order valence-corrected chi connectivity index (χ1v) is 9.58. The van der Waals surface area contributed by atoms with E-state index < -0.39 is 4.92 Å². The fraction of sp³-hybridized carbons (Fsp3) is 0.350. The Morgan fingerprint density at radius 2 is 1.83 bits per heavy atom. The van der Waals surface area contributed by atoms with E-state index in [0.717, 1.165) is 12.3 Å². The molecule has 0 atom stereocenters. The van der Waals surface area contributed by atoms with Crippen molar-refractivity contribution >= 4 is 23.2 Å². The molecule has 8 nitrogen and oxygen atoms in total. The molecule has 1 amide bonds. The zero-order valence-electron chi connectivity index (χ0n) is 16.0. The number of carbonyl (C=O) groups excluding carboxylic acids is 1. The molecular weight excluding hydrogens is 398 g/mol. The number of amides is 1. The Balaban J connectivity index is 1.52. The third kappa shape index (κ3) is 5.36. The first kappa shape index (κ1) is 20.9. The maximum atomic E-state index is 12.9. The molecule has 2 aromatic rings. The second-order valence-corrected chi connectivity index (χ2v) is 7.01. The van der Waals surface area contributed by atoms with Gasteiger partial charge < -0.3 is 14.4 Å². The summed E-state index contributed by atoms with van der Waals surface area (Å²) in [6.45, 7) is 3.75. The van der Waals surface area contributed by atoms with Crippen LogP contribution in [-0.4, -0.2) is 67.1 Å². The molecule has 0 saturated carbocycles. The van der Waals surface area contributed by atoms with Gasteiger partial charge in [0, 0.05) is 49.9 Å². The van der Waals surface area contributed by atoms with Crippen LogP contribution in [0.2, 0.25) is 5.02 Å². The van der Waals surface area contributed by atoms with E-state index in [4.69, 9.17) is 21.1 Å². The molecule has 2 aromatic carbocycles. The smallest absolute Gasteiger partial charge is 0.270 e. The maximum Gasteiger partial charge on any atom is 0.270 e. The van der Waals surface area contributed by atoms with Gasteiger partial charge in [0.25, 0.3) is 11.6 Å². The second kappa shape index (κ2) is 9.58. The number of carbonyl (C=O) groups is 1. The fourth-order valence-electron chi connectivity index (χ4n) is 3.14. The number of hydrogen-bond acceptors (Lipinski definition) is 6. The van der Waals surface area contributed by atoms with Gasteiger partial charge in [-0.1, -0.05) is 11.6 Å². The molecule has 154 valence electrons. The number of ether oxygens (including phenoxy) is 2. The highest BCUT2D eigenvalue weighted by atomic mass is 35.5. The Kier molecular flexibility index (Phi) is 6.90. The molecule has 0 unspecified atom stereocenters. The van der Waals surface area contributed by atoms with Gasteiger partial charge >= 0.3 is 0 Å². The summed E-state index contributed by atoms with van der Waals surface area (Å²) in [5.41, 5.74) is 0.0772. The number of benzene rings is 2. The van der Waals surface area contributed by atoms with E-state index in [1.54, 1.807) is 17.0 Å². The van der Waals surface area contributed by atoms with Gasteiger partial charge in [-0.25, -0.2) is 0 Å². The van der Waals surface area contributed by atoms with Crippen LogP contribution in [0.3, 0.4) is 0 Å². The number of piperazine rings is 1. The van der Waals surface area contributed by atoms with Crippen LogP contribution in [0, 0.1) is 10.1 Å². The van der Waals surface area contributed by atoms with Gasteiger partial charge in [0.2, 0.25) is 0 Å². The first-order chi connectivity index (χ1) is 14.0. The topological polar surface area (TPSA) is 85.1 Å². The molecule has 1 heterocycles. The average molecular weight is 420 g/mol. The summed E-state index contributed by atoms with van der Waals surface area (Å²) in [7, 11) is 1.44. The number of hydrogen-bond donors (Lipinski definition) is 0. The van der Waals surface area contributed by atoms with Gasteiger partial charge in [-0.15, -0.1) is 0 Å². The van der Waals surface area contributed by atoms with Crippen molar-refractivity contribution in [3.8, 4) is 11.5 Å². The van der Waals surface area contributed by atoms with Crippen LogP contribution in [0.4, 0.5) is 5.69 Å². The van der Waals surface area contributed by atoms with Crippen LogP contribution in [0.15, 0.2) is 42.5 Å². The number of rotatable bonds is 7. The summed E-state index contributed by atoms with van der Waals surface area (Å²) in [5.74, 6) is 0.836. The SMILES string of the molecule is COc1ccc([N+](=O)[O-])cc1C(=O)N1CCN(CCOc2ccc(Cl)cc2)CC1. The lowest BCUT2D eigenvalue weighted by Gasteiger charge is -2.34. The van der Waals surface area contributed by atoms with Crippen molar-refractivity contribution in [2.45, 2.75) is 0 Å². The lowest BCUT2D eigenvalue weighted by molar-refractivity contribution is -0.384. The van der Waals surface area contributed by atoms with Crippen molar-refractivity contribution < 1.29 is 19.2 Å². The molecule has 3 rings (SSSR count). The lowest BCUT2D eigenvalue weighted by atomic mass is 10.1. The van der Waals surface area contributed by atoms with Crippen LogP contribution in [0.5, 0.6) is 11.5 Å². The molecule has 29 heavy (non-hydrogen) atoms. The van der Waals surface area contributed by atoms with Gasteiger partial charge in [0.05, 0.1) is 17.6 Å². The Labute approximate surface area is 173 Å². The molecule has 9 heteroatoms. The summed E-state index contributed by atoms with van der Waals surface area (Å²) in [5, 5.41) is 11.7. The molecule has 1 fully saturated rings. The monoisotopic (exact) mass is 419 g/mol. The van der Waals surface area contributed by atoms with Crippen LogP contribution < -0.4 is 9.47 Å². The standard InChI is InChI=1S/C20H22ClN3O5/c1-28-19-7-4-16(24(26)27)14-18(19)20(25)23-10-8-22(9-11-23)12-13-29-17-5-2-15(21)3-6-17/h2-7,14H,8-13H2,1H3. The molecule has 0 radical (unpaired) electrons. The lowest BCUT2D eigenvalue weighted by Crippen LogP contribution is -2.49. The van der Waals surface area contributed by atoms with Crippen molar-refractivity contribution in [2.75, 3.05) is 46.4 Å². The Morgan fingerprint density at radius 3 is 2.45 bits per heavy atom. The van der Waals surface area contributed by atoms with Gasteiger partial charge in [0.1, 0.15) is 18.1 Å². The van der Waals surface area contributed by atoms with E-state index in [-0.39, 0.29) is 17.2 Å².